The Balaban J connectivity index is 2.07. The molecule has 1 amide bonds. The van der Waals surface area contributed by atoms with E-state index in [-0.39, 0.29) is 18.3 Å². The van der Waals surface area contributed by atoms with Gasteiger partial charge in [-0.25, -0.2) is 9.97 Å². The normalized spacial score (nSPS) is 10.8. The number of aryl methyl sites for hydroxylation is 3. The first-order chi connectivity index (χ1) is 10.8. The second-order valence-corrected chi connectivity index (χ2v) is 7.44. The van der Waals surface area contributed by atoms with Crippen LogP contribution in [0.5, 0.6) is 0 Å². The van der Waals surface area contributed by atoms with Gasteiger partial charge in [0.25, 0.3) is 5.91 Å². The van der Waals surface area contributed by atoms with Gasteiger partial charge in [-0.3, -0.25) is 9.59 Å². The standard InChI is InChI=1S/C15H19N3O3S2/c1-8-9(2)23-15-13(8)14(16-10(3)17-15)22-7-12(20)21-6-11(19)18(4)5/h6-7H2,1-5H3. The van der Waals surface area contributed by atoms with E-state index < -0.39 is 5.97 Å². The molecule has 0 atom stereocenters. The zero-order valence-corrected chi connectivity index (χ0v) is 15.4. The van der Waals surface area contributed by atoms with Crippen LogP contribution in [0.15, 0.2) is 5.03 Å². The summed E-state index contributed by atoms with van der Waals surface area (Å²) in [5.74, 6) is 0.116. The average Bonchev–Trinajstić information content (AvgIpc) is 2.76. The van der Waals surface area contributed by atoms with Crippen molar-refractivity contribution in [3.8, 4) is 0 Å². The van der Waals surface area contributed by atoms with Crippen LogP contribution in [0, 0.1) is 20.8 Å². The summed E-state index contributed by atoms with van der Waals surface area (Å²) in [7, 11) is 3.24. The van der Waals surface area contributed by atoms with Gasteiger partial charge in [-0.05, 0) is 26.3 Å². The SMILES string of the molecule is Cc1nc(SCC(=O)OCC(=O)N(C)C)c2c(C)c(C)sc2n1. The molecule has 124 valence electrons. The van der Waals surface area contributed by atoms with Crippen molar-refractivity contribution in [2.45, 2.75) is 25.8 Å². The van der Waals surface area contributed by atoms with Crippen molar-refractivity contribution < 1.29 is 14.3 Å². The molecule has 6 nitrogen and oxygen atoms in total. The van der Waals surface area contributed by atoms with E-state index in [4.69, 9.17) is 4.74 Å². The number of rotatable bonds is 5. The number of ether oxygens (including phenoxy) is 1. The lowest BCUT2D eigenvalue weighted by atomic mass is 10.2. The van der Waals surface area contributed by atoms with Crippen LogP contribution < -0.4 is 0 Å². The average molecular weight is 353 g/mol. The highest BCUT2D eigenvalue weighted by Crippen LogP contribution is 2.35. The van der Waals surface area contributed by atoms with Crippen LogP contribution >= 0.6 is 23.1 Å². The Morgan fingerprint density at radius 2 is 1.91 bits per heavy atom. The van der Waals surface area contributed by atoms with E-state index in [0.717, 1.165) is 20.8 Å². The number of carbonyl (C=O) groups excluding carboxylic acids is 2. The van der Waals surface area contributed by atoms with Crippen molar-refractivity contribution in [1.82, 2.24) is 14.9 Å². The Morgan fingerprint density at radius 1 is 1.22 bits per heavy atom. The third-order valence-corrected chi connectivity index (χ3v) is 5.34. The predicted octanol–water partition coefficient (Wildman–Crippen LogP) is 2.34. The van der Waals surface area contributed by atoms with Crippen molar-refractivity contribution in [2.24, 2.45) is 0 Å². The molecule has 0 aliphatic rings. The van der Waals surface area contributed by atoms with Crippen LogP contribution in [0.25, 0.3) is 10.2 Å². The van der Waals surface area contributed by atoms with Gasteiger partial charge in [0.1, 0.15) is 15.7 Å². The highest BCUT2D eigenvalue weighted by molar-refractivity contribution is 8.00. The Hall–Kier alpha value is -1.67. The fraction of sp³-hybridized carbons (Fsp3) is 0.467. The number of aromatic nitrogens is 2. The van der Waals surface area contributed by atoms with Crippen molar-refractivity contribution in [3.05, 3.63) is 16.3 Å². The van der Waals surface area contributed by atoms with Gasteiger partial charge < -0.3 is 9.64 Å². The molecule has 2 heterocycles. The van der Waals surface area contributed by atoms with Crippen LogP contribution in [-0.2, 0) is 14.3 Å². The summed E-state index contributed by atoms with van der Waals surface area (Å²) in [5, 5.41) is 1.78. The lowest BCUT2D eigenvalue weighted by molar-refractivity contribution is -0.148. The first-order valence-electron chi connectivity index (χ1n) is 7.02. The van der Waals surface area contributed by atoms with Gasteiger partial charge in [0.05, 0.1) is 5.75 Å². The molecule has 2 aromatic rings. The van der Waals surface area contributed by atoms with Gasteiger partial charge in [-0.2, -0.15) is 0 Å². The molecular formula is C15H19N3O3S2. The van der Waals surface area contributed by atoms with E-state index >= 15 is 0 Å². The highest BCUT2D eigenvalue weighted by Gasteiger charge is 2.16. The third kappa shape index (κ3) is 4.20. The highest BCUT2D eigenvalue weighted by atomic mass is 32.2. The number of likely N-dealkylation sites (N-methyl/N-ethyl adjacent to an activating group) is 1. The third-order valence-electron chi connectivity index (χ3n) is 3.29. The molecule has 0 saturated carbocycles. The van der Waals surface area contributed by atoms with Crippen molar-refractivity contribution in [2.75, 3.05) is 26.5 Å². The fourth-order valence-electron chi connectivity index (χ4n) is 1.86. The Kier molecular flexibility index (Phi) is 5.59. The number of carbonyl (C=O) groups is 2. The topological polar surface area (TPSA) is 72.4 Å². The van der Waals surface area contributed by atoms with E-state index in [1.54, 1.807) is 25.4 Å². The summed E-state index contributed by atoms with van der Waals surface area (Å²) in [6, 6.07) is 0. The van der Waals surface area contributed by atoms with E-state index in [9.17, 15) is 9.59 Å². The number of nitrogens with zero attached hydrogens (tertiary/aromatic N) is 3. The Labute approximate surface area is 143 Å². The molecular weight excluding hydrogens is 334 g/mol. The molecule has 0 aromatic carbocycles. The molecule has 23 heavy (non-hydrogen) atoms. The molecule has 0 fully saturated rings. The molecule has 0 aliphatic heterocycles. The zero-order chi connectivity index (χ0) is 17.1. The van der Waals surface area contributed by atoms with Crippen LogP contribution in [0.2, 0.25) is 0 Å². The summed E-state index contributed by atoms with van der Waals surface area (Å²) >= 11 is 2.94. The molecule has 8 heteroatoms. The van der Waals surface area contributed by atoms with Crippen LogP contribution in [-0.4, -0.2) is 53.2 Å². The van der Waals surface area contributed by atoms with Crippen molar-refractivity contribution in [1.29, 1.82) is 0 Å². The minimum Gasteiger partial charge on any atom is -0.455 e. The number of thiophene rings is 1. The van der Waals surface area contributed by atoms with Crippen LogP contribution in [0.3, 0.4) is 0 Å². The Morgan fingerprint density at radius 3 is 2.57 bits per heavy atom. The molecule has 0 bridgehead atoms. The lowest BCUT2D eigenvalue weighted by Gasteiger charge is -2.10. The maximum Gasteiger partial charge on any atom is 0.316 e. The predicted molar refractivity (Wildman–Crippen MR) is 92.0 cm³/mol. The largest absolute Gasteiger partial charge is 0.455 e. The van der Waals surface area contributed by atoms with E-state index in [0.29, 0.717) is 5.82 Å². The molecule has 0 saturated heterocycles. The number of amides is 1. The van der Waals surface area contributed by atoms with Gasteiger partial charge in [0, 0.05) is 24.4 Å². The summed E-state index contributed by atoms with van der Waals surface area (Å²) in [5.41, 5.74) is 1.14. The van der Waals surface area contributed by atoms with Gasteiger partial charge in [0.15, 0.2) is 6.61 Å². The number of hydrogen-bond acceptors (Lipinski definition) is 7. The van der Waals surface area contributed by atoms with Gasteiger partial charge >= 0.3 is 5.97 Å². The number of thioether (sulfide) groups is 1. The maximum absolute atomic E-state index is 11.8. The minimum absolute atomic E-state index is 0.112. The molecule has 2 rings (SSSR count). The Bertz CT molecular complexity index is 756. The number of esters is 1. The quantitative estimate of drug-likeness (QED) is 0.467. The second-order valence-electron chi connectivity index (χ2n) is 5.28. The molecule has 0 N–H and O–H groups in total. The van der Waals surface area contributed by atoms with E-state index in [1.807, 2.05) is 20.8 Å². The summed E-state index contributed by atoms with van der Waals surface area (Å²) in [6.07, 6.45) is 0. The minimum atomic E-state index is -0.431. The second kappa shape index (κ2) is 7.27. The van der Waals surface area contributed by atoms with E-state index in [1.165, 1.54) is 21.5 Å². The molecule has 2 aromatic heterocycles. The number of hydrogen-bond donors (Lipinski definition) is 0. The smallest absolute Gasteiger partial charge is 0.316 e. The lowest BCUT2D eigenvalue weighted by Crippen LogP contribution is -2.27. The first kappa shape index (κ1) is 17.7. The van der Waals surface area contributed by atoms with Crippen LogP contribution in [0.4, 0.5) is 0 Å². The molecule has 0 radical (unpaired) electrons. The molecule has 0 spiro atoms. The first-order valence-corrected chi connectivity index (χ1v) is 8.82. The summed E-state index contributed by atoms with van der Waals surface area (Å²) in [4.78, 5) is 35.6. The summed E-state index contributed by atoms with van der Waals surface area (Å²) < 4.78 is 4.97. The van der Waals surface area contributed by atoms with E-state index in [2.05, 4.69) is 9.97 Å². The van der Waals surface area contributed by atoms with Crippen molar-refractivity contribution in [3.63, 3.8) is 0 Å². The van der Waals surface area contributed by atoms with Gasteiger partial charge in [0.2, 0.25) is 0 Å². The number of fused-ring (bicyclic) bond motifs is 1. The molecule has 0 aliphatic carbocycles. The monoisotopic (exact) mass is 353 g/mol. The zero-order valence-electron chi connectivity index (χ0n) is 13.8. The van der Waals surface area contributed by atoms with Crippen LogP contribution in [0.1, 0.15) is 16.3 Å². The fourth-order valence-corrected chi connectivity index (χ4v) is 3.93. The maximum atomic E-state index is 11.8. The van der Waals surface area contributed by atoms with Gasteiger partial charge in [-0.1, -0.05) is 11.8 Å². The van der Waals surface area contributed by atoms with Crippen molar-refractivity contribution >= 4 is 45.2 Å². The summed E-state index contributed by atoms with van der Waals surface area (Å²) in [6.45, 7) is 5.68. The molecule has 0 unspecified atom stereocenters. The van der Waals surface area contributed by atoms with Gasteiger partial charge in [-0.15, -0.1) is 11.3 Å².